The van der Waals surface area contributed by atoms with E-state index >= 15 is 0 Å². The highest BCUT2D eigenvalue weighted by atomic mass is 16.6. The fourth-order valence-corrected chi connectivity index (χ4v) is 6.12. The topological polar surface area (TPSA) is 86.7 Å². The lowest BCUT2D eigenvalue weighted by atomic mass is 10.0. The first-order valence-corrected chi connectivity index (χ1v) is 20.5. The van der Waals surface area contributed by atoms with E-state index in [0.717, 1.165) is 38.5 Å². The van der Waals surface area contributed by atoms with Crippen molar-refractivity contribution in [3.63, 3.8) is 0 Å². The second kappa shape index (κ2) is 37.1. The molecule has 0 bridgehead atoms. The number of unbranched alkanes of at least 4 members (excludes halogenated alkanes) is 28. The molecule has 0 aromatic rings. The molecule has 6 nitrogen and oxygen atoms in total. The highest BCUT2D eigenvalue weighted by Crippen LogP contribution is 2.16. The lowest BCUT2D eigenvalue weighted by Crippen LogP contribution is -2.14. The van der Waals surface area contributed by atoms with Crippen LogP contribution in [0.25, 0.3) is 0 Å². The number of hydrogen-bond donors (Lipinski definition) is 0. The molecule has 0 aromatic carbocycles. The zero-order chi connectivity index (χ0) is 34.5. The summed E-state index contributed by atoms with van der Waals surface area (Å²) in [5, 5.41) is 0. The maximum atomic E-state index is 11.9. The van der Waals surface area contributed by atoms with E-state index in [0.29, 0.717) is 0 Å². The van der Waals surface area contributed by atoms with Gasteiger partial charge < -0.3 is 9.47 Å². The maximum Gasteiger partial charge on any atom is 0.313 e. The fourth-order valence-electron chi connectivity index (χ4n) is 6.12. The second-order valence-electron chi connectivity index (χ2n) is 13.9. The lowest BCUT2D eigenvalue weighted by molar-refractivity contribution is -0.159. The summed E-state index contributed by atoms with van der Waals surface area (Å²) < 4.78 is 9.75. The fraction of sp³-hybridized carbons (Fsp3) is 0.902. The van der Waals surface area contributed by atoms with Crippen molar-refractivity contribution in [2.45, 2.75) is 239 Å². The number of rotatable bonds is 36. The van der Waals surface area contributed by atoms with Crippen LogP contribution in [0, 0.1) is 0 Å². The molecule has 276 valence electrons. The van der Waals surface area contributed by atoms with Crippen molar-refractivity contribution in [3.05, 3.63) is 0 Å². The molecule has 0 atom stereocenters. The van der Waals surface area contributed by atoms with Gasteiger partial charge in [0.1, 0.15) is 0 Å². The Hall–Kier alpha value is -1.72. The molecule has 0 amide bonds. The maximum absolute atomic E-state index is 11.9. The summed E-state index contributed by atoms with van der Waals surface area (Å²) in [6.45, 7) is 4.52. The highest BCUT2D eigenvalue weighted by molar-refractivity contribution is 5.87. The van der Waals surface area contributed by atoms with Gasteiger partial charge >= 0.3 is 23.9 Å². The van der Waals surface area contributed by atoms with Crippen LogP contribution in [0.2, 0.25) is 0 Å². The predicted octanol–water partition coefficient (Wildman–Crippen LogP) is 12.8. The van der Waals surface area contributed by atoms with Gasteiger partial charge in [0.25, 0.3) is 0 Å². The summed E-state index contributed by atoms with van der Waals surface area (Å²) in [6.07, 6.45) is 38.4. The molecule has 0 aromatic heterocycles. The van der Waals surface area contributed by atoms with Crippen LogP contribution < -0.4 is 0 Å². The van der Waals surface area contributed by atoms with Crippen molar-refractivity contribution < 1.29 is 28.7 Å². The van der Waals surface area contributed by atoms with Crippen LogP contribution in [0.4, 0.5) is 0 Å². The third-order valence-electron chi connectivity index (χ3n) is 9.19. The standard InChI is InChI=1S/C41H76O6/c1-3-5-7-9-11-13-15-17-19-21-23-25-27-29-31-34-38(42)46-40(44)36-33-37-41(45)47-39(43)35-32-30-28-26-24-22-20-18-16-14-12-10-8-6-4-2/h3-37H2,1-2H3. The van der Waals surface area contributed by atoms with E-state index in [1.807, 2.05) is 0 Å². The van der Waals surface area contributed by atoms with Crippen LogP contribution in [0.15, 0.2) is 0 Å². The van der Waals surface area contributed by atoms with Gasteiger partial charge in [-0.3, -0.25) is 19.2 Å². The molecule has 0 saturated heterocycles. The van der Waals surface area contributed by atoms with Crippen molar-refractivity contribution in [2.75, 3.05) is 0 Å². The van der Waals surface area contributed by atoms with Gasteiger partial charge in [-0.15, -0.1) is 0 Å². The Morgan fingerprint density at radius 3 is 0.638 bits per heavy atom. The van der Waals surface area contributed by atoms with E-state index in [4.69, 9.17) is 9.47 Å². The number of ether oxygens (including phenoxy) is 2. The molecule has 0 aliphatic carbocycles. The molecule has 0 heterocycles. The van der Waals surface area contributed by atoms with Crippen LogP contribution in [-0.2, 0) is 28.7 Å². The van der Waals surface area contributed by atoms with Gasteiger partial charge in [-0.25, -0.2) is 0 Å². The molecule has 0 N–H and O–H groups in total. The number of carbonyl (C=O) groups excluding carboxylic acids is 4. The third-order valence-corrected chi connectivity index (χ3v) is 9.19. The molecular formula is C41H76O6. The largest absolute Gasteiger partial charge is 0.393 e. The van der Waals surface area contributed by atoms with Crippen molar-refractivity contribution in [1.29, 1.82) is 0 Å². The van der Waals surface area contributed by atoms with Gasteiger partial charge in [-0.1, -0.05) is 194 Å². The smallest absolute Gasteiger partial charge is 0.313 e. The first-order chi connectivity index (χ1) is 23.0. The summed E-state index contributed by atoms with van der Waals surface area (Å²) in [6, 6.07) is 0. The zero-order valence-electron chi connectivity index (χ0n) is 31.2. The second-order valence-corrected chi connectivity index (χ2v) is 13.9. The van der Waals surface area contributed by atoms with E-state index in [9.17, 15) is 19.2 Å². The van der Waals surface area contributed by atoms with E-state index in [1.165, 1.54) is 154 Å². The number of hydrogen-bond acceptors (Lipinski definition) is 6. The summed E-state index contributed by atoms with van der Waals surface area (Å²) in [5.74, 6) is -2.22. The first-order valence-electron chi connectivity index (χ1n) is 20.5. The Labute approximate surface area is 290 Å². The Morgan fingerprint density at radius 1 is 0.255 bits per heavy atom. The Balaban J connectivity index is 3.48. The van der Waals surface area contributed by atoms with Gasteiger partial charge in [-0.05, 0) is 19.3 Å². The molecule has 0 radical (unpaired) electrons. The van der Waals surface area contributed by atoms with Gasteiger partial charge in [-0.2, -0.15) is 0 Å². The molecule has 0 rings (SSSR count). The SMILES string of the molecule is CCCCCCCCCCCCCCCCCC(=O)OC(=O)CCCC(=O)OC(=O)CCCCCCCCCCCCCCCCC. The van der Waals surface area contributed by atoms with Crippen LogP contribution >= 0.6 is 0 Å². The zero-order valence-corrected chi connectivity index (χ0v) is 31.2. The van der Waals surface area contributed by atoms with E-state index < -0.39 is 23.9 Å². The normalized spacial score (nSPS) is 11.1. The summed E-state index contributed by atoms with van der Waals surface area (Å²) >= 11 is 0. The molecule has 0 fully saturated rings. The molecule has 0 aliphatic heterocycles. The van der Waals surface area contributed by atoms with Gasteiger partial charge in [0.2, 0.25) is 0 Å². The monoisotopic (exact) mass is 665 g/mol. The number of esters is 4. The van der Waals surface area contributed by atoms with E-state index in [1.54, 1.807) is 0 Å². The van der Waals surface area contributed by atoms with Crippen molar-refractivity contribution >= 4 is 23.9 Å². The van der Waals surface area contributed by atoms with Gasteiger partial charge in [0.05, 0.1) is 0 Å². The van der Waals surface area contributed by atoms with Crippen LogP contribution in [-0.4, -0.2) is 23.9 Å². The lowest BCUT2D eigenvalue weighted by Gasteiger charge is -2.05. The van der Waals surface area contributed by atoms with Crippen molar-refractivity contribution in [2.24, 2.45) is 0 Å². The molecule has 47 heavy (non-hydrogen) atoms. The van der Waals surface area contributed by atoms with Crippen molar-refractivity contribution in [3.8, 4) is 0 Å². The predicted molar refractivity (Wildman–Crippen MR) is 195 cm³/mol. The molecule has 0 spiro atoms. The quantitative estimate of drug-likeness (QED) is 0.0376. The summed E-state index contributed by atoms with van der Waals surface area (Å²) in [4.78, 5) is 47.7. The van der Waals surface area contributed by atoms with Crippen LogP contribution in [0.1, 0.15) is 239 Å². The minimum Gasteiger partial charge on any atom is -0.393 e. The van der Waals surface area contributed by atoms with E-state index in [2.05, 4.69) is 13.8 Å². The van der Waals surface area contributed by atoms with Crippen LogP contribution in [0.3, 0.4) is 0 Å². The molecule has 0 saturated carbocycles. The summed E-state index contributed by atoms with van der Waals surface area (Å²) in [7, 11) is 0. The average Bonchev–Trinajstić information content (AvgIpc) is 3.04. The van der Waals surface area contributed by atoms with E-state index in [-0.39, 0.29) is 32.1 Å². The van der Waals surface area contributed by atoms with Crippen LogP contribution in [0.5, 0.6) is 0 Å². The molecule has 0 aliphatic rings. The Morgan fingerprint density at radius 2 is 0.426 bits per heavy atom. The van der Waals surface area contributed by atoms with Crippen molar-refractivity contribution in [1.82, 2.24) is 0 Å². The summed E-state index contributed by atoms with van der Waals surface area (Å²) in [5.41, 5.74) is 0. The highest BCUT2D eigenvalue weighted by Gasteiger charge is 2.14. The molecular weight excluding hydrogens is 588 g/mol. The number of carbonyl (C=O) groups is 4. The minimum atomic E-state index is -0.618. The molecule has 0 unspecified atom stereocenters. The molecule has 6 heteroatoms. The average molecular weight is 665 g/mol. The van der Waals surface area contributed by atoms with Gasteiger partial charge in [0.15, 0.2) is 0 Å². The third kappa shape index (κ3) is 37.0. The van der Waals surface area contributed by atoms with Gasteiger partial charge in [0, 0.05) is 25.7 Å². The minimum absolute atomic E-state index is 0.0348. The Bertz CT molecular complexity index is 673. The Kier molecular flexibility index (Phi) is 35.7. The first kappa shape index (κ1) is 45.3.